The Morgan fingerprint density at radius 1 is 1.35 bits per heavy atom. The van der Waals surface area contributed by atoms with Gasteiger partial charge in [-0.3, -0.25) is 0 Å². The zero-order valence-electron chi connectivity index (χ0n) is 13.0. The van der Waals surface area contributed by atoms with Crippen molar-refractivity contribution in [2.24, 2.45) is 11.7 Å². The fourth-order valence-electron chi connectivity index (χ4n) is 1.96. The second kappa shape index (κ2) is 7.90. The molecule has 0 saturated heterocycles. The molecule has 0 aromatic heterocycles. The highest BCUT2D eigenvalue weighted by Crippen LogP contribution is 2.16. The Kier molecular flexibility index (Phi) is 6.52. The number of benzene rings is 1. The molecule has 0 bridgehead atoms. The normalized spacial score (nSPS) is 13.7. The topological polar surface area (TPSA) is 58.4 Å². The number of carbonyl (C=O) groups is 1. The standard InChI is InChI=1S/C16H27N3O/c1-5-12(3)11-19(6-2)16(20)18-15-9-7-8-14(10-15)13(4)17/h7-10,12-13H,5-6,11,17H2,1-4H3,(H,18,20). The predicted octanol–water partition coefficient (Wildman–Crippen LogP) is 3.61. The molecule has 2 amide bonds. The number of anilines is 1. The van der Waals surface area contributed by atoms with Gasteiger partial charge in [0.25, 0.3) is 0 Å². The molecule has 1 rings (SSSR count). The Balaban J connectivity index is 2.70. The minimum absolute atomic E-state index is 0.0331. The van der Waals surface area contributed by atoms with Crippen molar-refractivity contribution in [3.05, 3.63) is 29.8 Å². The predicted molar refractivity (Wildman–Crippen MR) is 84.8 cm³/mol. The van der Waals surface area contributed by atoms with Crippen LogP contribution in [0.2, 0.25) is 0 Å². The summed E-state index contributed by atoms with van der Waals surface area (Å²) in [5.41, 5.74) is 7.68. The van der Waals surface area contributed by atoms with Crippen molar-refractivity contribution in [3.8, 4) is 0 Å². The molecule has 0 aliphatic carbocycles. The lowest BCUT2D eigenvalue weighted by molar-refractivity contribution is 0.205. The van der Waals surface area contributed by atoms with Crippen molar-refractivity contribution >= 4 is 11.7 Å². The fraction of sp³-hybridized carbons (Fsp3) is 0.562. The smallest absolute Gasteiger partial charge is 0.321 e. The van der Waals surface area contributed by atoms with E-state index in [0.29, 0.717) is 12.5 Å². The molecule has 0 heterocycles. The van der Waals surface area contributed by atoms with Crippen LogP contribution in [0.3, 0.4) is 0 Å². The van der Waals surface area contributed by atoms with Crippen LogP contribution in [0, 0.1) is 5.92 Å². The summed E-state index contributed by atoms with van der Waals surface area (Å²) in [5, 5.41) is 2.95. The number of nitrogens with zero attached hydrogens (tertiary/aromatic N) is 1. The lowest BCUT2D eigenvalue weighted by atomic mass is 10.1. The third-order valence-corrected chi connectivity index (χ3v) is 3.56. The number of carbonyl (C=O) groups excluding carboxylic acids is 1. The van der Waals surface area contributed by atoms with Crippen LogP contribution in [0.15, 0.2) is 24.3 Å². The van der Waals surface area contributed by atoms with Gasteiger partial charge in [-0.25, -0.2) is 4.79 Å². The van der Waals surface area contributed by atoms with Gasteiger partial charge >= 0.3 is 6.03 Å². The molecule has 112 valence electrons. The lowest BCUT2D eigenvalue weighted by Gasteiger charge is -2.24. The number of urea groups is 1. The molecule has 4 nitrogen and oxygen atoms in total. The first-order valence-corrected chi connectivity index (χ1v) is 7.39. The first-order chi connectivity index (χ1) is 9.47. The maximum atomic E-state index is 12.3. The van der Waals surface area contributed by atoms with Gasteiger partial charge in [-0.1, -0.05) is 32.4 Å². The summed E-state index contributed by atoms with van der Waals surface area (Å²) < 4.78 is 0. The van der Waals surface area contributed by atoms with E-state index >= 15 is 0 Å². The maximum Gasteiger partial charge on any atom is 0.321 e. The molecule has 1 aromatic rings. The molecule has 4 heteroatoms. The Morgan fingerprint density at radius 3 is 2.60 bits per heavy atom. The summed E-state index contributed by atoms with van der Waals surface area (Å²) in [5.74, 6) is 0.510. The molecule has 0 saturated carbocycles. The van der Waals surface area contributed by atoms with Crippen LogP contribution in [0.25, 0.3) is 0 Å². The van der Waals surface area contributed by atoms with E-state index in [-0.39, 0.29) is 12.1 Å². The molecule has 20 heavy (non-hydrogen) atoms. The SMILES string of the molecule is CCC(C)CN(CC)C(=O)Nc1cccc(C(C)N)c1. The van der Waals surface area contributed by atoms with Crippen LogP contribution < -0.4 is 11.1 Å². The highest BCUT2D eigenvalue weighted by Gasteiger charge is 2.14. The van der Waals surface area contributed by atoms with Gasteiger partial charge in [0, 0.05) is 24.8 Å². The average molecular weight is 277 g/mol. The van der Waals surface area contributed by atoms with Crippen molar-refractivity contribution in [1.82, 2.24) is 4.90 Å². The number of amides is 2. The van der Waals surface area contributed by atoms with Crippen LogP contribution in [0.4, 0.5) is 10.5 Å². The van der Waals surface area contributed by atoms with E-state index in [1.165, 1.54) is 0 Å². The summed E-state index contributed by atoms with van der Waals surface area (Å²) in [4.78, 5) is 14.1. The van der Waals surface area contributed by atoms with E-state index in [4.69, 9.17) is 5.73 Å². The second-order valence-corrected chi connectivity index (χ2v) is 5.40. The van der Waals surface area contributed by atoms with Crippen molar-refractivity contribution < 1.29 is 4.79 Å². The quantitative estimate of drug-likeness (QED) is 0.834. The largest absolute Gasteiger partial charge is 0.325 e. The lowest BCUT2D eigenvalue weighted by Crippen LogP contribution is -2.37. The summed E-state index contributed by atoms with van der Waals surface area (Å²) in [7, 11) is 0. The van der Waals surface area contributed by atoms with Crippen LogP contribution >= 0.6 is 0 Å². The number of nitrogens with one attached hydrogen (secondary N) is 1. The molecule has 1 aromatic carbocycles. The summed E-state index contributed by atoms with van der Waals surface area (Å²) in [6.45, 7) is 9.73. The first-order valence-electron chi connectivity index (χ1n) is 7.39. The van der Waals surface area contributed by atoms with E-state index in [0.717, 1.165) is 24.2 Å². The van der Waals surface area contributed by atoms with Gasteiger partial charge in [-0.15, -0.1) is 0 Å². The molecule has 2 atom stereocenters. The van der Waals surface area contributed by atoms with Gasteiger partial charge in [-0.05, 0) is 37.5 Å². The monoisotopic (exact) mass is 277 g/mol. The molecule has 0 aliphatic heterocycles. The van der Waals surface area contributed by atoms with Gasteiger partial charge in [0.1, 0.15) is 0 Å². The van der Waals surface area contributed by atoms with Crippen LogP contribution in [0.1, 0.15) is 45.7 Å². The third-order valence-electron chi connectivity index (χ3n) is 3.56. The molecule has 0 radical (unpaired) electrons. The summed E-state index contributed by atoms with van der Waals surface area (Å²) in [6.07, 6.45) is 1.07. The number of hydrogen-bond acceptors (Lipinski definition) is 2. The maximum absolute atomic E-state index is 12.3. The van der Waals surface area contributed by atoms with Crippen molar-refractivity contribution in [3.63, 3.8) is 0 Å². The average Bonchev–Trinajstić information content (AvgIpc) is 2.44. The zero-order chi connectivity index (χ0) is 15.1. The fourth-order valence-corrected chi connectivity index (χ4v) is 1.96. The van der Waals surface area contributed by atoms with Crippen LogP contribution in [-0.2, 0) is 0 Å². The summed E-state index contributed by atoms with van der Waals surface area (Å²) in [6, 6.07) is 7.63. The molecule has 0 fully saturated rings. The molecule has 2 unspecified atom stereocenters. The Morgan fingerprint density at radius 2 is 2.05 bits per heavy atom. The Hall–Kier alpha value is -1.55. The Labute approximate surface area is 122 Å². The summed E-state index contributed by atoms with van der Waals surface area (Å²) >= 11 is 0. The minimum atomic E-state index is -0.0466. The Bertz CT molecular complexity index is 431. The van der Waals surface area contributed by atoms with Crippen LogP contribution in [0.5, 0.6) is 0 Å². The number of hydrogen-bond donors (Lipinski definition) is 2. The van der Waals surface area contributed by atoms with Gasteiger partial charge in [0.2, 0.25) is 0 Å². The highest BCUT2D eigenvalue weighted by molar-refractivity contribution is 5.89. The van der Waals surface area contributed by atoms with Gasteiger partial charge in [0.05, 0.1) is 0 Å². The molecule has 0 aliphatic rings. The molecule has 0 spiro atoms. The van der Waals surface area contributed by atoms with Gasteiger partial charge in [-0.2, -0.15) is 0 Å². The van der Waals surface area contributed by atoms with Gasteiger partial charge in [0.15, 0.2) is 0 Å². The van der Waals surface area contributed by atoms with Crippen molar-refractivity contribution in [2.75, 3.05) is 18.4 Å². The molecular weight excluding hydrogens is 250 g/mol. The first kappa shape index (κ1) is 16.5. The second-order valence-electron chi connectivity index (χ2n) is 5.40. The minimum Gasteiger partial charge on any atom is -0.325 e. The van der Waals surface area contributed by atoms with Crippen molar-refractivity contribution in [1.29, 1.82) is 0 Å². The van der Waals surface area contributed by atoms with E-state index in [9.17, 15) is 4.79 Å². The van der Waals surface area contributed by atoms with E-state index in [1.54, 1.807) is 0 Å². The van der Waals surface area contributed by atoms with Gasteiger partial charge < -0.3 is 16.0 Å². The van der Waals surface area contributed by atoms with Crippen molar-refractivity contribution in [2.45, 2.75) is 40.2 Å². The van der Waals surface area contributed by atoms with E-state index in [2.05, 4.69) is 19.2 Å². The zero-order valence-corrected chi connectivity index (χ0v) is 13.0. The highest BCUT2D eigenvalue weighted by atomic mass is 16.2. The number of rotatable bonds is 6. The molecule has 3 N–H and O–H groups in total. The number of nitrogens with two attached hydrogens (primary N) is 1. The molecular formula is C16H27N3O. The third kappa shape index (κ3) is 4.85. The van der Waals surface area contributed by atoms with E-state index < -0.39 is 0 Å². The van der Waals surface area contributed by atoms with Crippen LogP contribution in [-0.4, -0.2) is 24.0 Å². The van der Waals surface area contributed by atoms with E-state index in [1.807, 2.05) is 43.0 Å².